The van der Waals surface area contributed by atoms with Gasteiger partial charge >= 0.3 is 0 Å². The number of hydrogen-bond acceptors (Lipinski definition) is 5. The van der Waals surface area contributed by atoms with Gasteiger partial charge in [0.2, 0.25) is 17.7 Å². The second kappa shape index (κ2) is 7.17. The minimum Gasteiger partial charge on any atom is -0.481 e. The number of nitrogens with one attached hydrogen (secondary N) is 1. The Labute approximate surface area is 107 Å². The van der Waals surface area contributed by atoms with Crippen LogP contribution in [0.2, 0.25) is 0 Å². The van der Waals surface area contributed by atoms with E-state index in [9.17, 15) is 0 Å². The van der Waals surface area contributed by atoms with Crippen LogP contribution >= 0.6 is 11.6 Å². The molecule has 0 spiro atoms. The maximum absolute atomic E-state index is 6.10. The molecule has 0 aliphatic heterocycles. The summed E-state index contributed by atoms with van der Waals surface area (Å²) in [5, 5.41) is 3.13. The van der Waals surface area contributed by atoms with E-state index in [1.54, 1.807) is 20.3 Å². The monoisotopic (exact) mass is 259 g/mol. The number of methoxy groups -OCH3 is 2. The lowest BCUT2D eigenvalue weighted by Gasteiger charge is -2.11. The Morgan fingerprint density at radius 1 is 1.29 bits per heavy atom. The van der Waals surface area contributed by atoms with Crippen LogP contribution in [-0.4, -0.2) is 36.1 Å². The zero-order valence-corrected chi connectivity index (χ0v) is 11.1. The average Bonchev–Trinajstić information content (AvgIpc) is 2.36. The summed E-state index contributed by atoms with van der Waals surface area (Å²) in [4.78, 5) is 8.30. The van der Waals surface area contributed by atoms with Crippen molar-refractivity contribution in [3.63, 3.8) is 0 Å². The van der Waals surface area contributed by atoms with Gasteiger partial charge < -0.3 is 14.8 Å². The van der Waals surface area contributed by atoms with Gasteiger partial charge in [-0.3, -0.25) is 0 Å². The van der Waals surface area contributed by atoms with Crippen molar-refractivity contribution in [2.24, 2.45) is 0 Å². The largest absolute Gasteiger partial charge is 0.481 e. The van der Waals surface area contributed by atoms with Crippen LogP contribution < -0.4 is 14.8 Å². The normalized spacial score (nSPS) is 12.0. The number of hydrogen-bond donors (Lipinski definition) is 1. The quantitative estimate of drug-likeness (QED) is 0.762. The number of halogens is 1. The lowest BCUT2D eigenvalue weighted by molar-refractivity contribution is 0.373. The van der Waals surface area contributed by atoms with Crippen LogP contribution in [0.3, 0.4) is 0 Å². The van der Waals surface area contributed by atoms with Crippen molar-refractivity contribution >= 4 is 17.5 Å². The molecular formula is C11H18ClN3O2. The maximum Gasteiger partial charge on any atom is 0.229 e. The molecule has 1 aromatic rings. The fourth-order valence-electron chi connectivity index (χ4n) is 1.31. The Morgan fingerprint density at radius 2 is 1.88 bits per heavy atom. The molecule has 0 amide bonds. The topological polar surface area (TPSA) is 56.3 Å². The molecule has 5 nitrogen and oxygen atoms in total. The van der Waals surface area contributed by atoms with Gasteiger partial charge in [-0.25, -0.2) is 0 Å². The standard InChI is InChI=1S/C11H18ClN3O2/c1-4-5-8(12)7-13-11-14-9(16-2)6-10(15-11)17-3/h6,8H,4-5,7H2,1-3H3,(H,13,14,15). The van der Waals surface area contributed by atoms with E-state index in [-0.39, 0.29) is 5.38 Å². The highest BCUT2D eigenvalue weighted by molar-refractivity contribution is 6.20. The Kier molecular flexibility index (Phi) is 5.83. The van der Waals surface area contributed by atoms with E-state index < -0.39 is 0 Å². The summed E-state index contributed by atoms with van der Waals surface area (Å²) < 4.78 is 10.1. The summed E-state index contributed by atoms with van der Waals surface area (Å²) in [6.45, 7) is 2.71. The molecule has 1 aromatic heterocycles. The highest BCUT2D eigenvalue weighted by atomic mass is 35.5. The van der Waals surface area contributed by atoms with Crippen LogP contribution in [0.25, 0.3) is 0 Å². The zero-order chi connectivity index (χ0) is 12.7. The summed E-state index contributed by atoms with van der Waals surface area (Å²) in [7, 11) is 3.10. The van der Waals surface area contributed by atoms with Gasteiger partial charge in [0.05, 0.1) is 25.7 Å². The van der Waals surface area contributed by atoms with Gasteiger partial charge in [-0.05, 0) is 6.42 Å². The first kappa shape index (κ1) is 13.8. The fourth-order valence-corrected chi connectivity index (χ4v) is 1.60. The van der Waals surface area contributed by atoms with Crippen molar-refractivity contribution in [2.75, 3.05) is 26.1 Å². The number of anilines is 1. The minimum absolute atomic E-state index is 0.0702. The number of aromatic nitrogens is 2. The smallest absolute Gasteiger partial charge is 0.229 e. The molecule has 0 fully saturated rings. The van der Waals surface area contributed by atoms with Gasteiger partial charge in [0.25, 0.3) is 0 Å². The van der Waals surface area contributed by atoms with Crippen LogP contribution in [0.5, 0.6) is 11.8 Å². The molecule has 0 aliphatic rings. The van der Waals surface area contributed by atoms with Crippen molar-refractivity contribution in [3.8, 4) is 11.8 Å². The van der Waals surface area contributed by atoms with E-state index in [0.29, 0.717) is 24.3 Å². The molecule has 17 heavy (non-hydrogen) atoms. The molecule has 1 N–H and O–H groups in total. The molecule has 0 bridgehead atoms. The molecule has 1 atom stereocenters. The second-order valence-electron chi connectivity index (χ2n) is 3.54. The lowest BCUT2D eigenvalue weighted by atomic mass is 10.2. The molecule has 0 aliphatic carbocycles. The molecule has 0 radical (unpaired) electrons. The molecular weight excluding hydrogens is 242 g/mol. The van der Waals surface area contributed by atoms with Gasteiger partial charge in [-0.1, -0.05) is 13.3 Å². The maximum atomic E-state index is 6.10. The van der Waals surface area contributed by atoms with Crippen molar-refractivity contribution in [1.29, 1.82) is 0 Å². The number of alkyl halides is 1. The summed E-state index contributed by atoms with van der Waals surface area (Å²) in [5.74, 6) is 1.38. The van der Waals surface area contributed by atoms with Crippen LogP contribution in [-0.2, 0) is 0 Å². The molecule has 0 saturated carbocycles. The fraction of sp³-hybridized carbons (Fsp3) is 0.636. The van der Waals surface area contributed by atoms with Crippen molar-refractivity contribution in [1.82, 2.24) is 9.97 Å². The predicted molar refractivity (Wildman–Crippen MR) is 68.2 cm³/mol. The summed E-state index contributed by atoms with van der Waals surface area (Å²) in [6, 6.07) is 1.62. The number of rotatable bonds is 7. The Bertz CT molecular complexity index is 327. The van der Waals surface area contributed by atoms with E-state index >= 15 is 0 Å². The van der Waals surface area contributed by atoms with Crippen LogP contribution in [0, 0.1) is 0 Å². The molecule has 96 valence electrons. The van der Waals surface area contributed by atoms with E-state index in [2.05, 4.69) is 22.2 Å². The van der Waals surface area contributed by atoms with E-state index in [1.807, 2.05) is 0 Å². The molecule has 0 aromatic carbocycles. The Balaban J connectivity index is 2.63. The predicted octanol–water partition coefficient (Wildman–Crippen LogP) is 2.31. The van der Waals surface area contributed by atoms with Gasteiger partial charge in [-0.15, -0.1) is 11.6 Å². The van der Waals surface area contributed by atoms with E-state index in [4.69, 9.17) is 21.1 Å². The molecule has 1 unspecified atom stereocenters. The molecule has 1 rings (SSSR count). The van der Waals surface area contributed by atoms with Crippen LogP contribution in [0.1, 0.15) is 19.8 Å². The van der Waals surface area contributed by atoms with Crippen molar-refractivity contribution in [2.45, 2.75) is 25.1 Å². The minimum atomic E-state index is 0.0702. The van der Waals surface area contributed by atoms with Gasteiger partial charge in [-0.2, -0.15) is 9.97 Å². The highest BCUT2D eigenvalue weighted by Crippen LogP contribution is 2.17. The Hall–Kier alpha value is -1.23. The van der Waals surface area contributed by atoms with Crippen LogP contribution in [0.15, 0.2) is 6.07 Å². The molecule has 0 saturated heterocycles. The third-order valence-electron chi connectivity index (χ3n) is 2.18. The second-order valence-corrected chi connectivity index (χ2v) is 4.16. The lowest BCUT2D eigenvalue weighted by Crippen LogP contribution is -2.16. The first-order valence-electron chi connectivity index (χ1n) is 5.54. The van der Waals surface area contributed by atoms with E-state index in [1.165, 1.54) is 0 Å². The highest BCUT2D eigenvalue weighted by Gasteiger charge is 2.07. The van der Waals surface area contributed by atoms with E-state index in [0.717, 1.165) is 12.8 Å². The van der Waals surface area contributed by atoms with Crippen molar-refractivity contribution in [3.05, 3.63) is 6.07 Å². The molecule has 1 heterocycles. The first-order valence-corrected chi connectivity index (χ1v) is 5.98. The number of ether oxygens (including phenoxy) is 2. The number of nitrogens with zero attached hydrogens (tertiary/aromatic N) is 2. The average molecular weight is 260 g/mol. The Morgan fingerprint density at radius 3 is 2.35 bits per heavy atom. The molecule has 6 heteroatoms. The first-order chi connectivity index (χ1) is 8.19. The van der Waals surface area contributed by atoms with Gasteiger partial charge in [0.1, 0.15) is 0 Å². The van der Waals surface area contributed by atoms with Gasteiger partial charge in [0.15, 0.2) is 0 Å². The summed E-state index contributed by atoms with van der Waals surface area (Å²) in [6.07, 6.45) is 2.01. The van der Waals surface area contributed by atoms with Crippen LogP contribution in [0.4, 0.5) is 5.95 Å². The zero-order valence-electron chi connectivity index (χ0n) is 10.4. The van der Waals surface area contributed by atoms with Crippen molar-refractivity contribution < 1.29 is 9.47 Å². The SMILES string of the molecule is CCCC(Cl)CNc1nc(OC)cc(OC)n1. The van der Waals surface area contributed by atoms with Gasteiger partial charge in [0, 0.05) is 6.54 Å². The third-order valence-corrected chi connectivity index (χ3v) is 2.55. The summed E-state index contributed by atoms with van der Waals surface area (Å²) in [5.41, 5.74) is 0. The summed E-state index contributed by atoms with van der Waals surface area (Å²) >= 11 is 6.10. The third kappa shape index (κ3) is 4.65.